The summed E-state index contributed by atoms with van der Waals surface area (Å²) in [7, 11) is 0. The van der Waals surface area contributed by atoms with Crippen LogP contribution in [0.1, 0.15) is 49.6 Å². The minimum atomic E-state index is -0.797. The maximum absolute atomic E-state index is 10.9. The summed E-state index contributed by atoms with van der Waals surface area (Å²) in [6.45, 7) is 6.80. The normalized spacial score (nSPS) is 17.4. The van der Waals surface area contributed by atoms with Crippen LogP contribution in [0.4, 0.5) is 5.00 Å². The van der Waals surface area contributed by atoms with Crippen LogP contribution < -0.4 is 4.90 Å². The minimum Gasteiger partial charge on any atom is -0.481 e. The van der Waals surface area contributed by atoms with Gasteiger partial charge < -0.3 is 10.0 Å². The Bertz CT molecular complexity index is 572. The highest BCUT2D eigenvalue weighted by molar-refractivity contribution is 7.16. The van der Waals surface area contributed by atoms with Crippen molar-refractivity contribution in [2.24, 2.45) is 5.92 Å². The molecule has 0 saturated heterocycles. The fourth-order valence-corrected chi connectivity index (χ4v) is 4.48. The second-order valence-corrected chi connectivity index (χ2v) is 7.16. The fraction of sp³-hybridized carbons (Fsp3) is 0.625. The Morgan fingerprint density at radius 2 is 2.29 bits per heavy atom. The van der Waals surface area contributed by atoms with Gasteiger partial charge in [-0.3, -0.25) is 4.79 Å². The number of fused-ring (bicyclic) bond motifs is 1. The van der Waals surface area contributed by atoms with Crippen molar-refractivity contribution in [1.29, 1.82) is 5.26 Å². The largest absolute Gasteiger partial charge is 0.481 e. The van der Waals surface area contributed by atoms with E-state index in [0.717, 1.165) is 29.8 Å². The molecule has 21 heavy (non-hydrogen) atoms. The molecule has 1 aromatic rings. The monoisotopic (exact) mass is 306 g/mol. The summed E-state index contributed by atoms with van der Waals surface area (Å²) in [6, 6.07) is 2.55. The third kappa shape index (κ3) is 3.38. The predicted molar refractivity (Wildman–Crippen MR) is 85.0 cm³/mol. The lowest BCUT2D eigenvalue weighted by atomic mass is 9.88. The van der Waals surface area contributed by atoms with Gasteiger partial charge in [0.1, 0.15) is 11.1 Å². The van der Waals surface area contributed by atoms with Gasteiger partial charge in [0, 0.05) is 17.5 Å². The first kappa shape index (κ1) is 15.8. The van der Waals surface area contributed by atoms with Crippen LogP contribution in [0.5, 0.6) is 0 Å². The highest BCUT2D eigenvalue weighted by Crippen LogP contribution is 2.41. The molecule has 1 unspecified atom stereocenters. The van der Waals surface area contributed by atoms with Crippen LogP contribution in [0.2, 0.25) is 0 Å². The number of anilines is 1. The molecule has 114 valence electrons. The lowest BCUT2D eigenvalue weighted by Crippen LogP contribution is -2.32. The summed E-state index contributed by atoms with van der Waals surface area (Å²) in [6.07, 6.45) is 3.25. The first-order chi connectivity index (χ1) is 9.93. The number of carboxylic acids is 1. The van der Waals surface area contributed by atoms with Crippen LogP contribution in [0.25, 0.3) is 0 Å². The number of carbonyl (C=O) groups is 1. The van der Waals surface area contributed by atoms with E-state index >= 15 is 0 Å². The van der Waals surface area contributed by atoms with Crippen molar-refractivity contribution < 1.29 is 9.90 Å². The minimum absolute atomic E-state index is 0.0992. The molecule has 4 nitrogen and oxygen atoms in total. The molecule has 1 aliphatic rings. The van der Waals surface area contributed by atoms with Crippen molar-refractivity contribution in [2.75, 3.05) is 11.4 Å². The number of hydrogen-bond donors (Lipinski definition) is 1. The number of nitriles is 1. The maximum atomic E-state index is 10.9. The lowest BCUT2D eigenvalue weighted by molar-refractivity contribution is -0.136. The van der Waals surface area contributed by atoms with Crippen LogP contribution in [0, 0.1) is 17.2 Å². The second kappa shape index (κ2) is 6.48. The van der Waals surface area contributed by atoms with Gasteiger partial charge in [-0.15, -0.1) is 11.3 Å². The molecule has 0 amide bonds. The summed E-state index contributed by atoms with van der Waals surface area (Å²) in [5.41, 5.74) is 1.98. The van der Waals surface area contributed by atoms with Crippen LogP contribution in [0.15, 0.2) is 0 Å². The van der Waals surface area contributed by atoms with Crippen molar-refractivity contribution in [2.45, 2.75) is 52.5 Å². The number of carboxylic acid groups (broad SMARTS) is 1. The van der Waals surface area contributed by atoms with E-state index < -0.39 is 5.97 Å². The molecule has 5 heteroatoms. The molecule has 1 aromatic heterocycles. The second-order valence-electron chi connectivity index (χ2n) is 6.07. The Hall–Kier alpha value is -1.54. The average molecular weight is 306 g/mol. The number of hydrogen-bond acceptors (Lipinski definition) is 4. The van der Waals surface area contributed by atoms with Crippen molar-refractivity contribution in [3.8, 4) is 6.07 Å². The van der Waals surface area contributed by atoms with Crippen molar-refractivity contribution in [3.05, 3.63) is 16.0 Å². The van der Waals surface area contributed by atoms with Crippen molar-refractivity contribution in [1.82, 2.24) is 0 Å². The van der Waals surface area contributed by atoms with Gasteiger partial charge in [0.15, 0.2) is 0 Å². The molecule has 0 bridgehead atoms. The summed E-state index contributed by atoms with van der Waals surface area (Å²) in [5.74, 6) is -0.129. The Morgan fingerprint density at radius 1 is 1.57 bits per heavy atom. The first-order valence-corrected chi connectivity index (χ1v) is 8.28. The Morgan fingerprint density at radius 3 is 2.86 bits per heavy atom. The van der Waals surface area contributed by atoms with Gasteiger partial charge in [-0.1, -0.05) is 6.92 Å². The third-order valence-electron chi connectivity index (χ3n) is 4.06. The Labute approximate surface area is 130 Å². The molecule has 0 saturated carbocycles. The number of thiophene rings is 1. The van der Waals surface area contributed by atoms with Crippen LogP contribution in [0.3, 0.4) is 0 Å². The van der Waals surface area contributed by atoms with E-state index in [0.29, 0.717) is 12.5 Å². The predicted octanol–water partition coefficient (Wildman–Crippen LogP) is 3.43. The topological polar surface area (TPSA) is 64.3 Å². The van der Waals surface area contributed by atoms with Gasteiger partial charge in [-0.2, -0.15) is 5.26 Å². The number of rotatable bonds is 5. The van der Waals surface area contributed by atoms with E-state index in [-0.39, 0.29) is 12.5 Å². The van der Waals surface area contributed by atoms with Crippen LogP contribution >= 0.6 is 11.3 Å². The summed E-state index contributed by atoms with van der Waals surface area (Å²) >= 11 is 1.69. The molecular formula is C16H22N2O2S. The molecular weight excluding hydrogens is 284 g/mol. The third-order valence-corrected chi connectivity index (χ3v) is 5.35. The Kier molecular flexibility index (Phi) is 4.89. The maximum Gasteiger partial charge on any atom is 0.305 e. The number of nitrogens with zero attached hydrogens (tertiary/aromatic N) is 2. The fourth-order valence-electron chi connectivity index (χ4n) is 2.86. The van der Waals surface area contributed by atoms with E-state index in [1.807, 2.05) is 13.8 Å². The van der Waals surface area contributed by atoms with Gasteiger partial charge in [0.2, 0.25) is 0 Å². The molecule has 0 aliphatic heterocycles. The zero-order valence-electron chi connectivity index (χ0n) is 12.8. The molecule has 1 aliphatic carbocycles. The average Bonchev–Trinajstić information content (AvgIpc) is 2.75. The van der Waals surface area contributed by atoms with Crippen LogP contribution in [-0.2, 0) is 17.6 Å². The molecule has 1 heterocycles. The molecule has 1 N–H and O–H groups in total. The van der Waals surface area contributed by atoms with E-state index in [2.05, 4.69) is 17.9 Å². The standard InChI is InChI=1S/C16H22N2O2S/c1-10(2)18(7-6-15(19)20)16-13(9-17)12-5-4-11(3)8-14(12)21-16/h10-11H,4-8H2,1-3H3,(H,19,20). The SMILES string of the molecule is CC1CCc2c(sc(N(CCC(=O)O)C(C)C)c2C#N)C1. The molecule has 0 radical (unpaired) electrons. The zero-order chi connectivity index (χ0) is 15.6. The van der Waals surface area contributed by atoms with Crippen molar-refractivity contribution in [3.63, 3.8) is 0 Å². The molecule has 1 atom stereocenters. The molecule has 0 aromatic carbocycles. The van der Waals surface area contributed by atoms with E-state index in [1.54, 1.807) is 11.3 Å². The van der Waals surface area contributed by atoms with Gasteiger partial charge in [0.25, 0.3) is 0 Å². The van der Waals surface area contributed by atoms with Gasteiger partial charge in [-0.05, 0) is 44.6 Å². The highest BCUT2D eigenvalue weighted by atomic mass is 32.1. The van der Waals surface area contributed by atoms with Gasteiger partial charge >= 0.3 is 5.97 Å². The van der Waals surface area contributed by atoms with Crippen LogP contribution in [-0.4, -0.2) is 23.7 Å². The van der Waals surface area contributed by atoms with Gasteiger partial charge in [0.05, 0.1) is 12.0 Å². The summed E-state index contributed by atoms with van der Waals surface area (Å²) in [5, 5.41) is 19.4. The zero-order valence-corrected chi connectivity index (χ0v) is 13.7. The van der Waals surface area contributed by atoms with E-state index in [1.165, 1.54) is 10.4 Å². The first-order valence-electron chi connectivity index (χ1n) is 7.47. The Balaban J connectivity index is 2.36. The number of aliphatic carboxylic acids is 1. The quantitative estimate of drug-likeness (QED) is 0.905. The van der Waals surface area contributed by atoms with E-state index in [9.17, 15) is 10.1 Å². The van der Waals surface area contributed by atoms with E-state index in [4.69, 9.17) is 5.11 Å². The smallest absolute Gasteiger partial charge is 0.305 e. The van der Waals surface area contributed by atoms with Gasteiger partial charge in [-0.25, -0.2) is 0 Å². The summed E-state index contributed by atoms with van der Waals surface area (Å²) in [4.78, 5) is 14.3. The summed E-state index contributed by atoms with van der Waals surface area (Å²) < 4.78 is 0. The molecule has 2 rings (SSSR count). The highest BCUT2D eigenvalue weighted by Gasteiger charge is 2.27. The van der Waals surface area contributed by atoms with Crippen molar-refractivity contribution >= 4 is 22.3 Å². The lowest BCUT2D eigenvalue weighted by Gasteiger charge is -2.27. The molecule has 0 fully saturated rings. The molecule has 0 spiro atoms.